The van der Waals surface area contributed by atoms with Gasteiger partial charge < -0.3 is 20.7 Å². The van der Waals surface area contributed by atoms with Gasteiger partial charge in [0.2, 0.25) is 5.91 Å². The fourth-order valence-corrected chi connectivity index (χ4v) is 1.46. The normalized spacial score (nSPS) is 19.2. The Balaban J connectivity index is 2.03. The summed E-state index contributed by atoms with van der Waals surface area (Å²) in [5, 5.41) is 8.07. The largest absolute Gasteiger partial charge is 0.379 e. The van der Waals surface area contributed by atoms with E-state index in [2.05, 4.69) is 16.0 Å². The fourth-order valence-electron chi connectivity index (χ4n) is 1.46. The van der Waals surface area contributed by atoms with Crippen LogP contribution < -0.4 is 16.0 Å². The Hall–Kier alpha value is -1.30. The van der Waals surface area contributed by atoms with Gasteiger partial charge in [0.05, 0.1) is 12.6 Å². The number of hydrogen-bond donors (Lipinski definition) is 3. The lowest BCUT2D eigenvalue weighted by molar-refractivity contribution is -0.120. The zero-order valence-corrected chi connectivity index (χ0v) is 9.54. The molecule has 1 atom stereocenters. The minimum Gasteiger partial charge on any atom is -0.379 e. The summed E-state index contributed by atoms with van der Waals surface area (Å²) >= 11 is 0. The Bertz CT molecular complexity index is 239. The van der Waals surface area contributed by atoms with Crippen LogP contribution in [0.4, 0.5) is 4.79 Å². The van der Waals surface area contributed by atoms with E-state index in [1.165, 1.54) is 0 Å². The highest BCUT2D eigenvalue weighted by molar-refractivity contribution is 5.78. The molecule has 1 unspecified atom stereocenters. The predicted molar refractivity (Wildman–Crippen MR) is 59.1 cm³/mol. The minimum absolute atomic E-state index is 0.0491. The van der Waals surface area contributed by atoms with Crippen LogP contribution in [0.1, 0.15) is 19.8 Å². The van der Waals surface area contributed by atoms with Gasteiger partial charge in [0.15, 0.2) is 0 Å². The van der Waals surface area contributed by atoms with E-state index in [-0.39, 0.29) is 18.0 Å². The van der Waals surface area contributed by atoms with Gasteiger partial charge in [-0.1, -0.05) is 0 Å². The highest BCUT2D eigenvalue weighted by atomic mass is 16.5. The topological polar surface area (TPSA) is 79.5 Å². The van der Waals surface area contributed by atoms with Gasteiger partial charge in [0, 0.05) is 26.1 Å². The van der Waals surface area contributed by atoms with E-state index in [4.69, 9.17) is 4.74 Å². The lowest BCUT2D eigenvalue weighted by atomic mass is 10.3. The van der Waals surface area contributed by atoms with E-state index >= 15 is 0 Å². The molecule has 16 heavy (non-hydrogen) atoms. The Morgan fingerprint density at radius 1 is 1.38 bits per heavy atom. The molecule has 0 saturated carbocycles. The molecule has 1 rings (SSSR count). The number of nitrogens with one attached hydrogen (secondary N) is 3. The van der Waals surface area contributed by atoms with E-state index in [9.17, 15) is 9.59 Å². The van der Waals surface area contributed by atoms with Gasteiger partial charge in [-0.05, 0) is 13.3 Å². The second-order valence-electron chi connectivity index (χ2n) is 3.66. The van der Waals surface area contributed by atoms with Crippen LogP contribution >= 0.6 is 0 Å². The number of urea groups is 1. The van der Waals surface area contributed by atoms with E-state index in [0.717, 1.165) is 6.42 Å². The zero-order valence-electron chi connectivity index (χ0n) is 9.54. The maximum absolute atomic E-state index is 11.3. The SMILES string of the molecule is CCNC(=O)CCNC(=O)NC1CCOC1. The van der Waals surface area contributed by atoms with Crippen LogP contribution in [0.25, 0.3) is 0 Å². The van der Waals surface area contributed by atoms with Gasteiger partial charge >= 0.3 is 6.03 Å². The fraction of sp³-hybridized carbons (Fsp3) is 0.800. The van der Waals surface area contributed by atoms with Crippen LogP contribution in [0.3, 0.4) is 0 Å². The molecule has 1 saturated heterocycles. The second kappa shape index (κ2) is 7.05. The number of amides is 3. The molecule has 0 aromatic heterocycles. The highest BCUT2D eigenvalue weighted by Gasteiger charge is 2.17. The van der Waals surface area contributed by atoms with Crippen LogP contribution in [0.15, 0.2) is 0 Å². The van der Waals surface area contributed by atoms with Crippen molar-refractivity contribution >= 4 is 11.9 Å². The van der Waals surface area contributed by atoms with Gasteiger partial charge in [0.25, 0.3) is 0 Å². The monoisotopic (exact) mass is 229 g/mol. The Morgan fingerprint density at radius 2 is 2.19 bits per heavy atom. The molecule has 3 N–H and O–H groups in total. The van der Waals surface area contributed by atoms with Crippen LogP contribution in [-0.2, 0) is 9.53 Å². The van der Waals surface area contributed by atoms with Crippen molar-refractivity contribution in [2.45, 2.75) is 25.8 Å². The number of rotatable bonds is 5. The van der Waals surface area contributed by atoms with Crippen molar-refractivity contribution in [2.24, 2.45) is 0 Å². The molecular weight excluding hydrogens is 210 g/mol. The van der Waals surface area contributed by atoms with Gasteiger partial charge in [-0.2, -0.15) is 0 Å². The molecule has 0 aliphatic carbocycles. The smallest absolute Gasteiger partial charge is 0.315 e. The third-order valence-corrected chi connectivity index (χ3v) is 2.28. The molecule has 6 nitrogen and oxygen atoms in total. The molecule has 0 spiro atoms. The molecular formula is C10H19N3O3. The van der Waals surface area contributed by atoms with Crippen LogP contribution in [0.2, 0.25) is 0 Å². The molecule has 1 heterocycles. The van der Waals surface area contributed by atoms with E-state index in [1.807, 2.05) is 6.92 Å². The highest BCUT2D eigenvalue weighted by Crippen LogP contribution is 2.02. The first kappa shape index (κ1) is 12.8. The number of hydrogen-bond acceptors (Lipinski definition) is 3. The molecule has 6 heteroatoms. The van der Waals surface area contributed by atoms with E-state index < -0.39 is 0 Å². The third kappa shape index (κ3) is 4.97. The van der Waals surface area contributed by atoms with Crippen molar-refractivity contribution in [2.75, 3.05) is 26.3 Å². The molecule has 0 bridgehead atoms. The van der Waals surface area contributed by atoms with Crippen molar-refractivity contribution in [3.05, 3.63) is 0 Å². The number of ether oxygens (including phenoxy) is 1. The average Bonchev–Trinajstić information content (AvgIpc) is 2.70. The summed E-state index contributed by atoms with van der Waals surface area (Å²) in [5.74, 6) is -0.0491. The first-order chi connectivity index (χ1) is 7.72. The number of carbonyl (C=O) groups excluding carboxylic acids is 2. The quantitative estimate of drug-likeness (QED) is 0.600. The lowest BCUT2D eigenvalue weighted by Gasteiger charge is -2.11. The third-order valence-electron chi connectivity index (χ3n) is 2.28. The van der Waals surface area contributed by atoms with Gasteiger partial charge in [-0.15, -0.1) is 0 Å². The summed E-state index contributed by atoms with van der Waals surface area (Å²) < 4.78 is 5.13. The summed E-state index contributed by atoms with van der Waals surface area (Å²) in [6.45, 7) is 4.10. The summed E-state index contributed by atoms with van der Waals surface area (Å²) in [4.78, 5) is 22.4. The summed E-state index contributed by atoms with van der Waals surface area (Å²) in [6.07, 6.45) is 1.16. The standard InChI is InChI=1S/C10H19N3O3/c1-2-11-9(14)3-5-12-10(15)13-8-4-6-16-7-8/h8H,2-7H2,1H3,(H,11,14)(H2,12,13,15). The molecule has 3 amide bonds. The zero-order chi connectivity index (χ0) is 11.8. The van der Waals surface area contributed by atoms with E-state index in [0.29, 0.717) is 32.7 Å². The Kier molecular flexibility index (Phi) is 5.63. The molecule has 1 fully saturated rings. The second-order valence-corrected chi connectivity index (χ2v) is 3.66. The van der Waals surface area contributed by atoms with Gasteiger partial charge in [0.1, 0.15) is 0 Å². The molecule has 1 aliphatic rings. The summed E-state index contributed by atoms with van der Waals surface area (Å²) in [6, 6.07) is -0.135. The van der Waals surface area contributed by atoms with Crippen LogP contribution in [-0.4, -0.2) is 44.3 Å². The van der Waals surface area contributed by atoms with E-state index in [1.54, 1.807) is 0 Å². The molecule has 0 aromatic rings. The molecule has 0 radical (unpaired) electrons. The summed E-state index contributed by atoms with van der Waals surface area (Å²) in [7, 11) is 0. The summed E-state index contributed by atoms with van der Waals surface area (Å²) in [5.41, 5.74) is 0. The van der Waals surface area contributed by atoms with Crippen molar-refractivity contribution in [3.8, 4) is 0 Å². The molecule has 1 aliphatic heterocycles. The van der Waals surface area contributed by atoms with Crippen LogP contribution in [0.5, 0.6) is 0 Å². The first-order valence-electron chi connectivity index (χ1n) is 5.61. The number of carbonyl (C=O) groups is 2. The lowest BCUT2D eigenvalue weighted by Crippen LogP contribution is -2.43. The van der Waals surface area contributed by atoms with Crippen LogP contribution in [0, 0.1) is 0 Å². The average molecular weight is 229 g/mol. The van der Waals surface area contributed by atoms with Crippen molar-refractivity contribution in [3.63, 3.8) is 0 Å². The van der Waals surface area contributed by atoms with Gasteiger partial charge in [-0.3, -0.25) is 4.79 Å². The minimum atomic E-state index is -0.236. The van der Waals surface area contributed by atoms with Crippen molar-refractivity contribution in [1.29, 1.82) is 0 Å². The molecule has 92 valence electrons. The predicted octanol–water partition coefficient (Wildman–Crippen LogP) is -0.399. The first-order valence-corrected chi connectivity index (χ1v) is 5.61. The van der Waals surface area contributed by atoms with Gasteiger partial charge in [-0.25, -0.2) is 4.79 Å². The Morgan fingerprint density at radius 3 is 2.81 bits per heavy atom. The van der Waals surface area contributed by atoms with Crippen molar-refractivity contribution in [1.82, 2.24) is 16.0 Å². The van der Waals surface area contributed by atoms with Crippen molar-refractivity contribution < 1.29 is 14.3 Å². The molecule has 0 aromatic carbocycles. The maximum atomic E-state index is 11.3. The Labute approximate surface area is 95.1 Å². The maximum Gasteiger partial charge on any atom is 0.315 e.